The van der Waals surface area contributed by atoms with Gasteiger partial charge in [-0.25, -0.2) is 9.66 Å². The molecule has 3 rings (SSSR count). The maximum Gasteiger partial charge on any atom is 0.280 e. The number of nitrogens with one attached hydrogen (secondary N) is 1. The van der Waals surface area contributed by atoms with E-state index in [1.165, 1.54) is 6.33 Å². The molecular weight excluding hydrogens is 346 g/mol. The van der Waals surface area contributed by atoms with Crippen molar-refractivity contribution in [2.45, 2.75) is 20.3 Å². The molecule has 0 bridgehead atoms. The van der Waals surface area contributed by atoms with E-state index in [0.29, 0.717) is 41.2 Å². The summed E-state index contributed by atoms with van der Waals surface area (Å²) in [6.07, 6.45) is 2.16. The first kappa shape index (κ1) is 18.4. The highest BCUT2D eigenvalue weighted by atomic mass is 16.5. The minimum absolute atomic E-state index is 0.345. The maximum absolute atomic E-state index is 12.6. The number of para-hydroxylation sites is 1. The molecule has 1 amide bonds. The van der Waals surface area contributed by atoms with Crippen LogP contribution in [0.2, 0.25) is 0 Å². The van der Waals surface area contributed by atoms with Gasteiger partial charge in [0, 0.05) is 5.56 Å². The standard InChI is InChI=1S/C20H21N3O4/c1-3-11-27-17-10-9-14(12-18(17)26-4-2)19(24)22-23-13-21-16-8-6-5-7-15(16)20(23)25/h5-10,12-13H,3-4,11H2,1-2H3,(H,22,24). The van der Waals surface area contributed by atoms with Crippen molar-refractivity contribution < 1.29 is 14.3 Å². The molecule has 2 aromatic carbocycles. The highest BCUT2D eigenvalue weighted by Crippen LogP contribution is 2.28. The van der Waals surface area contributed by atoms with Gasteiger partial charge >= 0.3 is 0 Å². The Hall–Kier alpha value is -3.35. The Morgan fingerprint density at radius 2 is 1.93 bits per heavy atom. The summed E-state index contributed by atoms with van der Waals surface area (Å²) in [7, 11) is 0. The summed E-state index contributed by atoms with van der Waals surface area (Å²) >= 11 is 0. The zero-order valence-corrected chi connectivity index (χ0v) is 15.3. The number of hydrogen-bond donors (Lipinski definition) is 1. The van der Waals surface area contributed by atoms with Crippen LogP contribution in [0.5, 0.6) is 11.5 Å². The molecule has 0 radical (unpaired) electrons. The van der Waals surface area contributed by atoms with Gasteiger partial charge in [-0.05, 0) is 43.7 Å². The predicted molar refractivity (Wildman–Crippen MR) is 103 cm³/mol. The minimum Gasteiger partial charge on any atom is -0.490 e. The molecule has 1 N–H and O–H groups in total. The topological polar surface area (TPSA) is 82.5 Å². The van der Waals surface area contributed by atoms with Gasteiger partial charge in [0.25, 0.3) is 11.5 Å². The van der Waals surface area contributed by atoms with Gasteiger partial charge in [-0.1, -0.05) is 19.1 Å². The monoisotopic (exact) mass is 367 g/mol. The number of rotatable bonds is 7. The van der Waals surface area contributed by atoms with Gasteiger partial charge in [-0.3, -0.25) is 15.0 Å². The lowest BCUT2D eigenvalue weighted by Crippen LogP contribution is -2.33. The number of fused-ring (bicyclic) bond motifs is 1. The van der Waals surface area contributed by atoms with Crippen molar-refractivity contribution in [1.29, 1.82) is 0 Å². The third-order valence-electron chi connectivity index (χ3n) is 3.85. The predicted octanol–water partition coefficient (Wildman–Crippen LogP) is 2.97. The van der Waals surface area contributed by atoms with Crippen LogP contribution < -0.4 is 20.5 Å². The number of carbonyl (C=O) groups excluding carboxylic acids is 1. The Morgan fingerprint density at radius 1 is 1.11 bits per heavy atom. The molecule has 3 aromatic rings. The van der Waals surface area contributed by atoms with Gasteiger partial charge in [-0.15, -0.1) is 0 Å². The molecule has 0 aliphatic rings. The quantitative estimate of drug-likeness (QED) is 0.694. The Labute approximate surface area is 156 Å². The van der Waals surface area contributed by atoms with Crippen molar-refractivity contribution in [3.05, 3.63) is 64.7 Å². The summed E-state index contributed by atoms with van der Waals surface area (Å²) in [5.74, 6) is 0.625. The van der Waals surface area contributed by atoms with Crippen LogP contribution in [0.4, 0.5) is 0 Å². The molecule has 7 nitrogen and oxygen atoms in total. The van der Waals surface area contributed by atoms with Crippen LogP contribution in [0.1, 0.15) is 30.6 Å². The van der Waals surface area contributed by atoms with Crippen LogP contribution in [-0.2, 0) is 0 Å². The number of ether oxygens (including phenoxy) is 2. The van der Waals surface area contributed by atoms with Gasteiger partial charge in [0.2, 0.25) is 0 Å². The second-order valence-corrected chi connectivity index (χ2v) is 5.82. The Kier molecular flexibility index (Phi) is 5.71. The van der Waals surface area contributed by atoms with Crippen LogP contribution in [0, 0.1) is 0 Å². The molecule has 140 valence electrons. The van der Waals surface area contributed by atoms with Crippen LogP contribution in [-0.4, -0.2) is 28.8 Å². The van der Waals surface area contributed by atoms with Crippen molar-refractivity contribution in [1.82, 2.24) is 9.66 Å². The number of carbonyl (C=O) groups is 1. The van der Waals surface area contributed by atoms with E-state index < -0.39 is 5.91 Å². The number of amides is 1. The summed E-state index contributed by atoms with van der Waals surface area (Å²) < 4.78 is 12.3. The first-order valence-electron chi connectivity index (χ1n) is 8.81. The van der Waals surface area contributed by atoms with Crippen LogP contribution in [0.15, 0.2) is 53.6 Å². The lowest BCUT2D eigenvalue weighted by molar-refractivity contribution is 0.101. The van der Waals surface area contributed by atoms with E-state index >= 15 is 0 Å². The molecule has 0 unspecified atom stereocenters. The molecule has 0 aliphatic heterocycles. The number of benzene rings is 2. The zero-order chi connectivity index (χ0) is 19.2. The van der Waals surface area contributed by atoms with E-state index in [-0.39, 0.29) is 5.56 Å². The fourth-order valence-electron chi connectivity index (χ4n) is 2.57. The molecule has 1 aromatic heterocycles. The van der Waals surface area contributed by atoms with E-state index in [9.17, 15) is 9.59 Å². The lowest BCUT2D eigenvalue weighted by atomic mass is 10.2. The zero-order valence-electron chi connectivity index (χ0n) is 15.3. The maximum atomic E-state index is 12.6. The van der Waals surface area contributed by atoms with Crippen LogP contribution >= 0.6 is 0 Å². The van der Waals surface area contributed by atoms with Crippen molar-refractivity contribution in [3.63, 3.8) is 0 Å². The normalized spacial score (nSPS) is 10.6. The van der Waals surface area contributed by atoms with Gasteiger partial charge in [0.05, 0.1) is 24.1 Å². The van der Waals surface area contributed by atoms with Gasteiger partial charge in [-0.2, -0.15) is 0 Å². The largest absolute Gasteiger partial charge is 0.490 e. The smallest absolute Gasteiger partial charge is 0.280 e. The Morgan fingerprint density at radius 3 is 2.70 bits per heavy atom. The molecule has 0 aliphatic carbocycles. The molecule has 27 heavy (non-hydrogen) atoms. The number of aromatic nitrogens is 2. The molecule has 7 heteroatoms. The third kappa shape index (κ3) is 4.08. The Bertz CT molecular complexity index is 1010. The molecule has 0 saturated heterocycles. The fraction of sp³-hybridized carbons (Fsp3) is 0.250. The number of nitrogens with zero attached hydrogens (tertiary/aromatic N) is 2. The average molecular weight is 367 g/mol. The van der Waals surface area contributed by atoms with E-state index in [1.54, 1.807) is 42.5 Å². The van der Waals surface area contributed by atoms with E-state index in [4.69, 9.17) is 9.47 Å². The van der Waals surface area contributed by atoms with Gasteiger partial charge in [0.1, 0.15) is 6.33 Å². The van der Waals surface area contributed by atoms with Crippen molar-refractivity contribution in [2.24, 2.45) is 0 Å². The molecule has 0 fully saturated rings. The third-order valence-corrected chi connectivity index (χ3v) is 3.85. The fourth-order valence-corrected chi connectivity index (χ4v) is 2.57. The van der Waals surface area contributed by atoms with Crippen LogP contribution in [0.25, 0.3) is 10.9 Å². The second-order valence-electron chi connectivity index (χ2n) is 5.82. The minimum atomic E-state index is -0.447. The lowest BCUT2D eigenvalue weighted by Gasteiger charge is -2.13. The van der Waals surface area contributed by atoms with Gasteiger partial charge < -0.3 is 9.47 Å². The SMILES string of the molecule is CCCOc1ccc(C(=O)Nn2cnc3ccccc3c2=O)cc1OCC. The molecule has 0 saturated carbocycles. The Balaban J connectivity index is 1.86. The summed E-state index contributed by atoms with van der Waals surface area (Å²) in [6, 6.07) is 11.9. The van der Waals surface area contributed by atoms with Crippen molar-refractivity contribution in [2.75, 3.05) is 18.6 Å². The molecule has 0 spiro atoms. The molecule has 1 heterocycles. The summed E-state index contributed by atoms with van der Waals surface area (Å²) in [5, 5.41) is 0.429. The highest BCUT2D eigenvalue weighted by Gasteiger charge is 2.13. The van der Waals surface area contributed by atoms with Crippen LogP contribution in [0.3, 0.4) is 0 Å². The van der Waals surface area contributed by atoms with E-state index in [1.807, 2.05) is 13.8 Å². The van der Waals surface area contributed by atoms with E-state index in [2.05, 4.69) is 10.4 Å². The summed E-state index contributed by atoms with van der Waals surface area (Å²) in [5.41, 5.74) is 3.13. The molecule has 0 atom stereocenters. The van der Waals surface area contributed by atoms with Gasteiger partial charge in [0.15, 0.2) is 11.5 Å². The summed E-state index contributed by atoms with van der Waals surface area (Å²) in [4.78, 5) is 29.3. The molecular formula is C20H21N3O4. The second kappa shape index (κ2) is 8.35. The average Bonchev–Trinajstić information content (AvgIpc) is 2.69. The van der Waals surface area contributed by atoms with E-state index in [0.717, 1.165) is 11.1 Å². The first-order chi connectivity index (χ1) is 13.1. The highest BCUT2D eigenvalue weighted by molar-refractivity contribution is 6.00. The summed E-state index contributed by atoms with van der Waals surface area (Å²) in [6.45, 7) is 4.87. The van der Waals surface area contributed by atoms with Crippen molar-refractivity contribution >= 4 is 16.8 Å². The van der Waals surface area contributed by atoms with Crippen molar-refractivity contribution in [3.8, 4) is 11.5 Å². The first-order valence-corrected chi connectivity index (χ1v) is 8.81. The number of hydrogen-bond acceptors (Lipinski definition) is 5.